The monoisotopic (exact) mass is 556 g/mol. The van der Waals surface area contributed by atoms with Crippen LogP contribution in [0.15, 0.2) is 72.9 Å². The maximum atomic E-state index is 13.5. The smallest absolute Gasteiger partial charge is 0.404 e. The average Bonchev–Trinajstić information content (AvgIpc) is 3.27. The Morgan fingerprint density at radius 3 is 2.54 bits per heavy atom. The molecule has 2 aromatic heterocycles. The van der Waals surface area contributed by atoms with Gasteiger partial charge in [0.1, 0.15) is 11.6 Å². The number of nitrogens with zero attached hydrogens (tertiary/aromatic N) is 1. The number of amides is 3. The number of aromatic nitrogens is 2. The largest absolute Gasteiger partial charge is 0.465 e. The summed E-state index contributed by atoms with van der Waals surface area (Å²) in [5, 5.41) is 20.5. The molecule has 1 aliphatic heterocycles. The van der Waals surface area contributed by atoms with E-state index in [0.717, 1.165) is 11.4 Å². The predicted molar refractivity (Wildman–Crippen MR) is 153 cm³/mol. The minimum absolute atomic E-state index is 0.201. The molecule has 0 spiro atoms. The van der Waals surface area contributed by atoms with E-state index in [0.29, 0.717) is 34.5 Å². The molecule has 4 aromatic rings. The van der Waals surface area contributed by atoms with E-state index in [1.807, 2.05) is 44.2 Å². The summed E-state index contributed by atoms with van der Waals surface area (Å²) in [5.41, 5.74) is 4.00. The molecule has 2 aromatic carbocycles. The molecule has 10 nitrogen and oxygen atoms in total. The highest BCUT2D eigenvalue weighted by Gasteiger charge is 2.35. The van der Waals surface area contributed by atoms with Crippen molar-refractivity contribution in [1.82, 2.24) is 20.6 Å². The number of fused-ring (bicyclic) bond motifs is 1. The molecule has 3 amide bonds. The number of aromatic amines is 1. The maximum Gasteiger partial charge on any atom is 0.404 e. The van der Waals surface area contributed by atoms with E-state index >= 15 is 0 Å². The van der Waals surface area contributed by atoms with Crippen LogP contribution in [0.5, 0.6) is 0 Å². The van der Waals surface area contributed by atoms with Gasteiger partial charge in [0, 0.05) is 41.6 Å². The summed E-state index contributed by atoms with van der Waals surface area (Å²) < 4.78 is 13.5. The fraction of sp³-hybridized carbons (Fsp3) is 0.200. The number of H-pyrrole nitrogens is 1. The highest BCUT2D eigenvalue weighted by Crippen LogP contribution is 2.39. The summed E-state index contributed by atoms with van der Waals surface area (Å²) >= 11 is 0. The first-order valence-corrected chi connectivity index (χ1v) is 13.0. The zero-order chi connectivity index (χ0) is 29.1. The Balaban J connectivity index is 1.49. The van der Waals surface area contributed by atoms with Gasteiger partial charge in [-0.25, -0.2) is 14.2 Å². The van der Waals surface area contributed by atoms with E-state index in [2.05, 4.69) is 31.2 Å². The van der Waals surface area contributed by atoms with Crippen LogP contribution in [-0.2, 0) is 11.2 Å². The molecule has 5 rings (SSSR count). The third-order valence-electron chi connectivity index (χ3n) is 6.76. The fourth-order valence-corrected chi connectivity index (χ4v) is 4.91. The first kappa shape index (κ1) is 27.4. The summed E-state index contributed by atoms with van der Waals surface area (Å²) in [6.45, 7) is 3.69. The van der Waals surface area contributed by atoms with E-state index in [1.165, 1.54) is 30.5 Å². The summed E-state index contributed by atoms with van der Waals surface area (Å²) in [6, 6.07) is 18.2. The standard InChI is InChI=1S/C30H29FN6O4/c1-30(2)15-22-24(28(39)37-30)26(34-20-6-4-3-5-7-20)25(35-22)18-12-13-32-23(14-18)36-27(38)21(16-33-29(40)41)17-8-10-19(31)11-9-17/h3-14,21,33-35H,15-16H2,1-2H3,(H,37,39)(H,40,41)(H,32,36,38). The lowest BCUT2D eigenvalue weighted by Gasteiger charge is -2.30. The van der Waals surface area contributed by atoms with Crippen molar-refractivity contribution in [3.63, 3.8) is 0 Å². The summed E-state index contributed by atoms with van der Waals surface area (Å²) in [7, 11) is 0. The van der Waals surface area contributed by atoms with Crippen molar-refractivity contribution >= 4 is 35.1 Å². The van der Waals surface area contributed by atoms with E-state index in [9.17, 15) is 18.8 Å². The van der Waals surface area contributed by atoms with Gasteiger partial charge in [-0.3, -0.25) is 9.59 Å². The zero-order valence-electron chi connectivity index (χ0n) is 22.4. The second-order valence-electron chi connectivity index (χ2n) is 10.4. The topological polar surface area (TPSA) is 148 Å². The van der Waals surface area contributed by atoms with E-state index in [1.54, 1.807) is 12.1 Å². The predicted octanol–water partition coefficient (Wildman–Crippen LogP) is 5.01. The molecule has 6 N–H and O–H groups in total. The van der Waals surface area contributed by atoms with Gasteiger partial charge in [-0.2, -0.15) is 0 Å². The van der Waals surface area contributed by atoms with Crippen LogP contribution in [0.1, 0.15) is 41.4 Å². The molecule has 0 radical (unpaired) electrons. The van der Waals surface area contributed by atoms with Crippen LogP contribution in [0.3, 0.4) is 0 Å². The third kappa shape index (κ3) is 6.19. The number of anilines is 3. The quantitative estimate of drug-likeness (QED) is 0.180. The second kappa shape index (κ2) is 11.1. The van der Waals surface area contributed by atoms with Crippen molar-refractivity contribution in [2.45, 2.75) is 31.7 Å². The molecule has 210 valence electrons. The first-order valence-electron chi connectivity index (χ1n) is 13.0. The molecule has 1 unspecified atom stereocenters. The number of hydrogen-bond acceptors (Lipinski definition) is 5. The van der Waals surface area contributed by atoms with Gasteiger partial charge in [-0.1, -0.05) is 30.3 Å². The molecule has 1 aliphatic rings. The molecule has 0 aliphatic carbocycles. The Morgan fingerprint density at radius 2 is 1.83 bits per heavy atom. The van der Waals surface area contributed by atoms with E-state index in [-0.39, 0.29) is 18.3 Å². The van der Waals surface area contributed by atoms with Crippen molar-refractivity contribution in [3.05, 3.63) is 95.6 Å². The molecular weight excluding hydrogens is 527 g/mol. The average molecular weight is 557 g/mol. The van der Waals surface area contributed by atoms with Gasteiger partial charge in [0.25, 0.3) is 5.91 Å². The molecule has 3 heterocycles. The molecule has 0 fully saturated rings. The molecule has 1 atom stereocenters. The number of para-hydroxylation sites is 1. The molecular formula is C30H29FN6O4. The number of halogens is 1. The Hall–Kier alpha value is -5.19. The number of pyridine rings is 1. The van der Waals surface area contributed by atoms with Gasteiger partial charge in [0.2, 0.25) is 5.91 Å². The van der Waals surface area contributed by atoms with E-state index in [4.69, 9.17) is 5.11 Å². The number of rotatable bonds is 8. The van der Waals surface area contributed by atoms with Crippen molar-refractivity contribution in [1.29, 1.82) is 0 Å². The number of carboxylic acid groups (broad SMARTS) is 1. The SMILES string of the molecule is CC1(C)Cc2[nH]c(-c3ccnc(NC(=O)C(CNC(=O)O)c4ccc(F)cc4)c3)c(Nc3ccccc3)c2C(=O)N1. The summed E-state index contributed by atoms with van der Waals surface area (Å²) in [5.74, 6) is -1.91. The maximum absolute atomic E-state index is 13.5. The Bertz CT molecular complexity index is 1600. The number of carbonyl (C=O) groups is 3. The van der Waals surface area contributed by atoms with Crippen LogP contribution in [0, 0.1) is 5.82 Å². The summed E-state index contributed by atoms with van der Waals surface area (Å²) in [6.07, 6.45) is 0.831. The highest BCUT2D eigenvalue weighted by molar-refractivity contribution is 6.07. The Kier molecular flexibility index (Phi) is 7.43. The van der Waals surface area contributed by atoms with Gasteiger partial charge in [0.15, 0.2) is 0 Å². The lowest BCUT2D eigenvalue weighted by Crippen LogP contribution is -2.49. The Morgan fingerprint density at radius 1 is 1.10 bits per heavy atom. The summed E-state index contributed by atoms with van der Waals surface area (Å²) in [4.78, 5) is 45.3. The number of nitrogens with one attached hydrogen (secondary N) is 5. The Labute approximate surface area is 235 Å². The van der Waals surface area contributed by atoms with Gasteiger partial charge in [-0.05, 0) is 55.8 Å². The van der Waals surface area contributed by atoms with Crippen molar-refractivity contribution in [3.8, 4) is 11.3 Å². The number of benzene rings is 2. The molecule has 0 bridgehead atoms. The second-order valence-corrected chi connectivity index (χ2v) is 10.4. The normalized spacial score (nSPS) is 14.4. The highest BCUT2D eigenvalue weighted by atomic mass is 19.1. The van der Waals surface area contributed by atoms with Crippen LogP contribution >= 0.6 is 0 Å². The molecule has 41 heavy (non-hydrogen) atoms. The molecule has 0 saturated heterocycles. The van der Waals surface area contributed by atoms with Crippen LogP contribution in [-0.4, -0.2) is 45.1 Å². The number of carbonyl (C=O) groups excluding carboxylic acids is 2. The lowest BCUT2D eigenvalue weighted by atomic mass is 9.91. The van der Waals surface area contributed by atoms with Gasteiger partial charge in [-0.15, -0.1) is 0 Å². The van der Waals surface area contributed by atoms with Crippen molar-refractivity contribution in [2.24, 2.45) is 0 Å². The van der Waals surface area contributed by atoms with Gasteiger partial charge < -0.3 is 31.4 Å². The lowest BCUT2D eigenvalue weighted by molar-refractivity contribution is -0.117. The minimum atomic E-state index is -1.29. The zero-order valence-corrected chi connectivity index (χ0v) is 22.4. The van der Waals surface area contributed by atoms with Crippen LogP contribution < -0.4 is 21.3 Å². The van der Waals surface area contributed by atoms with Crippen LogP contribution in [0.2, 0.25) is 0 Å². The van der Waals surface area contributed by atoms with Crippen molar-refractivity contribution < 1.29 is 23.9 Å². The molecule has 0 saturated carbocycles. The minimum Gasteiger partial charge on any atom is -0.465 e. The number of hydrogen-bond donors (Lipinski definition) is 6. The van der Waals surface area contributed by atoms with Crippen LogP contribution in [0.25, 0.3) is 11.3 Å². The van der Waals surface area contributed by atoms with Gasteiger partial charge >= 0.3 is 6.09 Å². The van der Waals surface area contributed by atoms with Crippen molar-refractivity contribution in [2.75, 3.05) is 17.2 Å². The van der Waals surface area contributed by atoms with Gasteiger partial charge in [0.05, 0.1) is 22.9 Å². The third-order valence-corrected chi connectivity index (χ3v) is 6.76. The van der Waals surface area contributed by atoms with Crippen LogP contribution in [0.4, 0.5) is 26.4 Å². The van der Waals surface area contributed by atoms with E-state index < -0.39 is 29.3 Å². The fourth-order valence-electron chi connectivity index (χ4n) is 4.91. The first-order chi connectivity index (χ1) is 19.6. The molecule has 11 heteroatoms.